The number of rotatable bonds is 6. The molecule has 0 saturated carbocycles. The van der Waals surface area contributed by atoms with Crippen LogP contribution >= 0.6 is 0 Å². The first-order valence-electron chi connectivity index (χ1n) is 7.38. The lowest BCUT2D eigenvalue weighted by Crippen LogP contribution is -2.17. The maximum absolute atomic E-state index is 12.2. The maximum atomic E-state index is 12.2. The quantitative estimate of drug-likeness (QED) is 0.627. The third-order valence-electron chi connectivity index (χ3n) is 3.29. The number of benzene rings is 2. The lowest BCUT2D eigenvalue weighted by atomic mass is 10.2. The van der Waals surface area contributed by atoms with Gasteiger partial charge in [-0.25, -0.2) is 4.68 Å². The molecule has 0 aliphatic carbocycles. The molecule has 0 spiro atoms. The minimum atomic E-state index is -4.74. The van der Waals surface area contributed by atoms with E-state index in [1.807, 2.05) is 0 Å². The zero-order valence-electron chi connectivity index (χ0n) is 13.2. The molecule has 26 heavy (non-hydrogen) atoms. The van der Waals surface area contributed by atoms with Crippen molar-refractivity contribution < 1.29 is 27.4 Å². The topological polar surface area (TPSA) is 66.2 Å². The molecular formula is C17H12F3N3O3. The van der Waals surface area contributed by atoms with Crippen molar-refractivity contribution in [2.75, 3.05) is 0 Å². The number of halogens is 3. The SMILES string of the molecule is O=Cc1ccc(COc2ncn(-c3ccc(OC(F)(F)F)cc3)n2)cc1. The number of hydrogen-bond donors (Lipinski definition) is 0. The molecule has 0 N–H and O–H groups in total. The van der Waals surface area contributed by atoms with Crippen molar-refractivity contribution in [1.29, 1.82) is 0 Å². The van der Waals surface area contributed by atoms with Crippen LogP contribution in [0.4, 0.5) is 13.2 Å². The van der Waals surface area contributed by atoms with E-state index in [1.165, 1.54) is 35.3 Å². The number of ether oxygens (including phenoxy) is 2. The van der Waals surface area contributed by atoms with Crippen LogP contribution in [0, 0.1) is 0 Å². The molecule has 2 aromatic carbocycles. The maximum Gasteiger partial charge on any atom is 0.573 e. The highest BCUT2D eigenvalue weighted by Crippen LogP contribution is 2.23. The van der Waals surface area contributed by atoms with Gasteiger partial charge in [-0.3, -0.25) is 4.79 Å². The normalized spacial score (nSPS) is 11.2. The van der Waals surface area contributed by atoms with Crippen LogP contribution < -0.4 is 9.47 Å². The van der Waals surface area contributed by atoms with Crippen LogP contribution in [0.15, 0.2) is 54.9 Å². The lowest BCUT2D eigenvalue weighted by Gasteiger charge is -2.09. The average molecular weight is 363 g/mol. The fourth-order valence-corrected chi connectivity index (χ4v) is 2.08. The smallest absolute Gasteiger partial charge is 0.458 e. The van der Waals surface area contributed by atoms with E-state index in [-0.39, 0.29) is 18.4 Å². The first-order chi connectivity index (χ1) is 12.4. The Morgan fingerprint density at radius 3 is 2.35 bits per heavy atom. The summed E-state index contributed by atoms with van der Waals surface area (Å²) in [5, 5.41) is 4.10. The largest absolute Gasteiger partial charge is 0.573 e. The summed E-state index contributed by atoms with van der Waals surface area (Å²) in [5.74, 6) is -0.323. The van der Waals surface area contributed by atoms with E-state index in [2.05, 4.69) is 14.8 Å². The first-order valence-corrected chi connectivity index (χ1v) is 7.38. The Labute approximate surface area is 145 Å². The Kier molecular flexibility index (Phi) is 4.87. The van der Waals surface area contributed by atoms with Crippen LogP contribution in [0.2, 0.25) is 0 Å². The molecule has 0 saturated heterocycles. The second kappa shape index (κ2) is 7.26. The minimum Gasteiger partial charge on any atom is -0.458 e. The molecule has 3 aromatic rings. The van der Waals surface area contributed by atoms with Gasteiger partial charge in [0.25, 0.3) is 0 Å². The molecule has 0 fully saturated rings. The second-order valence-corrected chi connectivity index (χ2v) is 5.16. The summed E-state index contributed by atoms with van der Waals surface area (Å²) in [6.07, 6.45) is -2.61. The Morgan fingerprint density at radius 1 is 1.04 bits per heavy atom. The highest BCUT2D eigenvalue weighted by molar-refractivity contribution is 5.74. The number of hydrogen-bond acceptors (Lipinski definition) is 5. The summed E-state index contributed by atoms with van der Waals surface area (Å²) < 4.78 is 47.1. The van der Waals surface area contributed by atoms with Crippen molar-refractivity contribution in [3.05, 3.63) is 66.0 Å². The van der Waals surface area contributed by atoms with Gasteiger partial charge in [0.2, 0.25) is 0 Å². The Bertz CT molecular complexity index is 875. The van der Waals surface area contributed by atoms with Gasteiger partial charge in [-0.1, -0.05) is 24.3 Å². The highest BCUT2D eigenvalue weighted by atomic mass is 19.4. The van der Waals surface area contributed by atoms with Gasteiger partial charge >= 0.3 is 12.4 Å². The van der Waals surface area contributed by atoms with Crippen molar-refractivity contribution in [3.63, 3.8) is 0 Å². The lowest BCUT2D eigenvalue weighted by molar-refractivity contribution is -0.274. The number of aldehydes is 1. The van der Waals surface area contributed by atoms with Crippen LogP contribution in [-0.4, -0.2) is 27.4 Å². The monoisotopic (exact) mass is 363 g/mol. The van der Waals surface area contributed by atoms with Gasteiger partial charge in [0.1, 0.15) is 25.0 Å². The van der Waals surface area contributed by atoms with Gasteiger partial charge < -0.3 is 9.47 Å². The standard InChI is InChI=1S/C17H12F3N3O3/c18-17(19,20)26-15-7-5-14(6-8-15)23-11-21-16(22-23)25-10-13-3-1-12(9-24)2-4-13/h1-9,11H,10H2. The molecule has 0 atom stereocenters. The molecule has 0 bridgehead atoms. The number of carbonyl (C=O) groups excluding carboxylic acids is 1. The summed E-state index contributed by atoms with van der Waals surface area (Å²) in [4.78, 5) is 14.6. The highest BCUT2D eigenvalue weighted by Gasteiger charge is 2.30. The Hall–Kier alpha value is -3.36. The van der Waals surface area contributed by atoms with Crippen LogP contribution in [0.5, 0.6) is 11.8 Å². The molecule has 0 amide bonds. The summed E-state index contributed by atoms with van der Waals surface area (Å²) in [6, 6.07) is 12.1. The predicted octanol–water partition coefficient (Wildman–Crippen LogP) is 3.56. The Morgan fingerprint density at radius 2 is 1.73 bits per heavy atom. The van der Waals surface area contributed by atoms with Gasteiger partial charge in [0.05, 0.1) is 5.69 Å². The van der Waals surface area contributed by atoms with Crippen LogP contribution in [0.3, 0.4) is 0 Å². The molecule has 1 aromatic heterocycles. The number of carbonyl (C=O) groups is 1. The predicted molar refractivity (Wildman–Crippen MR) is 84.2 cm³/mol. The van der Waals surface area contributed by atoms with E-state index in [0.717, 1.165) is 11.8 Å². The van der Waals surface area contributed by atoms with Gasteiger partial charge in [-0.2, -0.15) is 4.98 Å². The van der Waals surface area contributed by atoms with Crippen molar-refractivity contribution in [1.82, 2.24) is 14.8 Å². The average Bonchev–Trinajstić information content (AvgIpc) is 3.09. The fourth-order valence-electron chi connectivity index (χ4n) is 2.08. The van der Waals surface area contributed by atoms with Gasteiger partial charge in [0, 0.05) is 5.56 Å². The number of aromatic nitrogens is 3. The molecule has 0 aliphatic rings. The van der Waals surface area contributed by atoms with Crippen LogP contribution in [-0.2, 0) is 6.61 Å². The molecule has 0 radical (unpaired) electrons. The van der Waals surface area contributed by atoms with E-state index >= 15 is 0 Å². The first kappa shape index (κ1) is 17.5. The zero-order valence-corrected chi connectivity index (χ0v) is 13.2. The van der Waals surface area contributed by atoms with Gasteiger partial charge in [-0.05, 0) is 29.8 Å². The fraction of sp³-hybridized carbons (Fsp3) is 0.118. The molecular weight excluding hydrogens is 351 g/mol. The van der Waals surface area contributed by atoms with E-state index in [4.69, 9.17) is 4.74 Å². The van der Waals surface area contributed by atoms with E-state index in [0.29, 0.717) is 11.3 Å². The number of nitrogens with zero attached hydrogens (tertiary/aromatic N) is 3. The van der Waals surface area contributed by atoms with E-state index in [1.54, 1.807) is 24.3 Å². The Balaban J connectivity index is 1.62. The van der Waals surface area contributed by atoms with Gasteiger partial charge in [0.15, 0.2) is 0 Å². The van der Waals surface area contributed by atoms with Crippen LogP contribution in [0.1, 0.15) is 15.9 Å². The third kappa shape index (κ3) is 4.59. The summed E-state index contributed by atoms with van der Waals surface area (Å²) >= 11 is 0. The van der Waals surface area contributed by atoms with Crippen molar-refractivity contribution in [2.24, 2.45) is 0 Å². The van der Waals surface area contributed by atoms with E-state index in [9.17, 15) is 18.0 Å². The zero-order chi connectivity index (χ0) is 18.6. The summed E-state index contributed by atoms with van der Waals surface area (Å²) in [6.45, 7) is 0.210. The van der Waals surface area contributed by atoms with E-state index < -0.39 is 6.36 Å². The van der Waals surface area contributed by atoms with Crippen molar-refractivity contribution in [2.45, 2.75) is 13.0 Å². The molecule has 0 unspecified atom stereocenters. The molecule has 0 aliphatic heterocycles. The second-order valence-electron chi connectivity index (χ2n) is 5.16. The van der Waals surface area contributed by atoms with Crippen molar-refractivity contribution >= 4 is 6.29 Å². The summed E-state index contributed by atoms with van der Waals surface area (Å²) in [7, 11) is 0. The summed E-state index contributed by atoms with van der Waals surface area (Å²) in [5.41, 5.74) is 1.90. The van der Waals surface area contributed by atoms with Gasteiger partial charge in [-0.15, -0.1) is 18.3 Å². The third-order valence-corrected chi connectivity index (χ3v) is 3.29. The molecule has 3 rings (SSSR count). The molecule has 134 valence electrons. The minimum absolute atomic E-state index is 0.111. The molecule has 1 heterocycles. The van der Waals surface area contributed by atoms with Crippen molar-refractivity contribution in [3.8, 4) is 17.4 Å². The molecule has 6 nitrogen and oxygen atoms in total. The molecule has 9 heteroatoms. The number of alkyl halides is 3. The van der Waals surface area contributed by atoms with Crippen LogP contribution in [0.25, 0.3) is 5.69 Å².